The highest BCUT2D eigenvalue weighted by Crippen LogP contribution is 2.27. The van der Waals surface area contributed by atoms with E-state index in [-0.39, 0.29) is 43.8 Å². The highest BCUT2D eigenvalue weighted by Gasteiger charge is 2.31. The summed E-state index contributed by atoms with van der Waals surface area (Å²) < 4.78 is 26.7. The van der Waals surface area contributed by atoms with Gasteiger partial charge >= 0.3 is 0 Å². The molecule has 0 radical (unpaired) electrons. The quantitative estimate of drug-likeness (QED) is 0.254. The Bertz CT molecular complexity index is 1450. The molecule has 1 N–H and O–H groups in total. The van der Waals surface area contributed by atoms with E-state index in [1.165, 1.54) is 4.31 Å². The second-order valence-corrected chi connectivity index (χ2v) is 13.2. The van der Waals surface area contributed by atoms with Gasteiger partial charge in [-0.25, -0.2) is 8.42 Å². The second-order valence-electron chi connectivity index (χ2n) is 10.4. The minimum absolute atomic E-state index is 0.0342. The third-order valence-corrected chi connectivity index (χ3v) is 8.19. The molecule has 0 aromatic heterocycles. The van der Waals surface area contributed by atoms with Gasteiger partial charge in [-0.15, -0.1) is 0 Å². The summed E-state index contributed by atoms with van der Waals surface area (Å²) in [5, 5.41) is 3.91. The number of rotatable bonds is 13. The largest absolute Gasteiger partial charge is 0.352 e. The Morgan fingerprint density at radius 3 is 2.20 bits per heavy atom. The summed E-state index contributed by atoms with van der Waals surface area (Å²) in [5.74, 6) is -0.521. The average Bonchev–Trinajstić information content (AvgIpc) is 2.89. The van der Waals surface area contributed by atoms with Gasteiger partial charge in [-0.1, -0.05) is 71.7 Å². The fourth-order valence-electron chi connectivity index (χ4n) is 4.60. The highest BCUT2D eigenvalue weighted by molar-refractivity contribution is 7.92. The molecular formula is C31H37Cl2N3O4S. The number of carbonyl (C=O) groups is 2. The summed E-state index contributed by atoms with van der Waals surface area (Å²) in [6.45, 7) is 5.81. The fourth-order valence-corrected chi connectivity index (χ4v) is 5.99. The normalized spacial score (nSPS) is 12.2. The number of aryl methyl sites for hydroxylation is 1. The van der Waals surface area contributed by atoms with Crippen molar-refractivity contribution in [2.24, 2.45) is 0 Å². The Hall–Kier alpha value is -3.07. The maximum atomic E-state index is 13.9. The molecule has 0 spiro atoms. The maximum absolute atomic E-state index is 13.9. The van der Waals surface area contributed by atoms with E-state index in [1.54, 1.807) is 41.3 Å². The minimum Gasteiger partial charge on any atom is -0.352 e. The Morgan fingerprint density at radius 1 is 0.902 bits per heavy atom. The number of hydrogen-bond acceptors (Lipinski definition) is 4. The van der Waals surface area contributed by atoms with Crippen LogP contribution < -0.4 is 9.62 Å². The van der Waals surface area contributed by atoms with Gasteiger partial charge in [-0.05, 0) is 68.1 Å². The summed E-state index contributed by atoms with van der Waals surface area (Å²) in [6.07, 6.45) is 1.73. The van der Waals surface area contributed by atoms with Gasteiger partial charge in [0.1, 0.15) is 6.04 Å². The molecule has 3 rings (SSSR count). The molecule has 0 aliphatic carbocycles. The van der Waals surface area contributed by atoms with E-state index in [1.807, 2.05) is 57.2 Å². The smallest absolute Gasteiger partial charge is 0.243 e. The number of halogens is 2. The van der Waals surface area contributed by atoms with Crippen molar-refractivity contribution >= 4 is 50.7 Å². The van der Waals surface area contributed by atoms with Gasteiger partial charge in [-0.3, -0.25) is 13.9 Å². The first kappa shape index (κ1) is 32.4. The molecule has 3 aromatic rings. The zero-order valence-electron chi connectivity index (χ0n) is 23.8. The number of sulfonamides is 1. The van der Waals surface area contributed by atoms with Gasteiger partial charge < -0.3 is 10.2 Å². The Balaban J connectivity index is 1.90. The van der Waals surface area contributed by atoms with Crippen molar-refractivity contribution in [1.82, 2.24) is 10.2 Å². The molecule has 0 saturated heterocycles. The van der Waals surface area contributed by atoms with Crippen LogP contribution in [0.2, 0.25) is 10.0 Å². The van der Waals surface area contributed by atoms with Crippen molar-refractivity contribution in [3.05, 3.63) is 99.5 Å². The standard InChI is InChI=1S/C31H37Cl2N3O4S/c1-22(2)34-31(38)29(19-24-10-6-5-7-11-24)35(21-25-12-8-13-26(32)18-25)30(37)14-9-17-36(41(4,39)40)28-20-27(33)16-15-23(28)3/h5-8,10-13,15-16,18,20,22,29H,9,14,17,19,21H2,1-4H3,(H,34,38)/t29-/m0/s1. The zero-order chi connectivity index (χ0) is 30.2. The lowest BCUT2D eigenvalue weighted by atomic mass is 10.0. The van der Waals surface area contributed by atoms with Crippen LogP contribution in [0.4, 0.5) is 5.69 Å². The monoisotopic (exact) mass is 617 g/mol. The molecule has 0 unspecified atom stereocenters. The average molecular weight is 619 g/mol. The molecular weight excluding hydrogens is 581 g/mol. The van der Waals surface area contributed by atoms with E-state index >= 15 is 0 Å². The summed E-state index contributed by atoms with van der Waals surface area (Å²) in [6, 6.07) is 20.9. The molecule has 220 valence electrons. The van der Waals surface area contributed by atoms with Crippen LogP contribution in [0.3, 0.4) is 0 Å². The third-order valence-electron chi connectivity index (χ3n) is 6.54. The van der Waals surface area contributed by atoms with Gasteiger partial charge in [0.2, 0.25) is 21.8 Å². The van der Waals surface area contributed by atoms with Crippen LogP contribution in [-0.2, 0) is 32.6 Å². The summed E-state index contributed by atoms with van der Waals surface area (Å²) in [5.41, 5.74) is 2.93. The number of hydrogen-bond donors (Lipinski definition) is 1. The van der Waals surface area contributed by atoms with Crippen LogP contribution in [0.5, 0.6) is 0 Å². The molecule has 2 amide bonds. The first-order valence-corrected chi connectivity index (χ1v) is 16.1. The molecule has 1 atom stereocenters. The van der Waals surface area contributed by atoms with Crippen molar-refractivity contribution in [3.63, 3.8) is 0 Å². The summed E-state index contributed by atoms with van der Waals surface area (Å²) in [4.78, 5) is 28.9. The van der Waals surface area contributed by atoms with Crippen LogP contribution in [0, 0.1) is 6.92 Å². The summed E-state index contributed by atoms with van der Waals surface area (Å²) in [7, 11) is -3.64. The van der Waals surface area contributed by atoms with Gasteiger partial charge in [0.15, 0.2) is 0 Å². The van der Waals surface area contributed by atoms with Crippen LogP contribution >= 0.6 is 23.2 Å². The lowest BCUT2D eigenvalue weighted by Crippen LogP contribution is -2.51. The predicted octanol–water partition coefficient (Wildman–Crippen LogP) is 6.01. The van der Waals surface area contributed by atoms with Crippen molar-refractivity contribution in [2.45, 2.75) is 58.7 Å². The topological polar surface area (TPSA) is 86.8 Å². The first-order chi connectivity index (χ1) is 19.3. The van der Waals surface area contributed by atoms with Crippen LogP contribution in [0.25, 0.3) is 0 Å². The molecule has 0 saturated carbocycles. The molecule has 41 heavy (non-hydrogen) atoms. The zero-order valence-corrected chi connectivity index (χ0v) is 26.1. The second kappa shape index (κ2) is 14.7. The number of anilines is 1. The molecule has 0 aliphatic rings. The predicted molar refractivity (Wildman–Crippen MR) is 167 cm³/mol. The van der Waals surface area contributed by atoms with E-state index in [2.05, 4.69) is 5.32 Å². The number of nitrogens with one attached hydrogen (secondary N) is 1. The molecule has 0 bridgehead atoms. The van der Waals surface area contributed by atoms with E-state index in [9.17, 15) is 18.0 Å². The van der Waals surface area contributed by atoms with Gasteiger partial charge in [0.25, 0.3) is 0 Å². The van der Waals surface area contributed by atoms with Gasteiger partial charge in [0, 0.05) is 42.0 Å². The van der Waals surface area contributed by atoms with Gasteiger partial charge in [0.05, 0.1) is 11.9 Å². The maximum Gasteiger partial charge on any atom is 0.243 e. The van der Waals surface area contributed by atoms with Crippen LogP contribution in [0.1, 0.15) is 43.4 Å². The number of nitrogens with zero attached hydrogens (tertiary/aromatic N) is 2. The fraction of sp³-hybridized carbons (Fsp3) is 0.355. The van der Waals surface area contributed by atoms with Crippen LogP contribution in [0.15, 0.2) is 72.8 Å². The molecule has 0 fully saturated rings. The molecule has 0 heterocycles. The molecule has 3 aromatic carbocycles. The molecule has 7 nitrogen and oxygen atoms in total. The lowest BCUT2D eigenvalue weighted by molar-refractivity contribution is -0.141. The lowest BCUT2D eigenvalue weighted by Gasteiger charge is -2.32. The minimum atomic E-state index is -3.64. The third kappa shape index (κ3) is 9.76. The number of carbonyl (C=O) groups excluding carboxylic acids is 2. The molecule has 10 heteroatoms. The van der Waals surface area contributed by atoms with Crippen molar-refractivity contribution in [1.29, 1.82) is 0 Å². The van der Waals surface area contributed by atoms with E-state index < -0.39 is 16.1 Å². The highest BCUT2D eigenvalue weighted by atomic mass is 35.5. The Morgan fingerprint density at radius 2 is 1.56 bits per heavy atom. The van der Waals surface area contributed by atoms with E-state index in [0.29, 0.717) is 22.2 Å². The van der Waals surface area contributed by atoms with Crippen molar-refractivity contribution < 1.29 is 18.0 Å². The number of benzene rings is 3. The summed E-state index contributed by atoms with van der Waals surface area (Å²) >= 11 is 12.4. The van der Waals surface area contributed by atoms with E-state index in [0.717, 1.165) is 22.9 Å². The SMILES string of the molecule is Cc1ccc(Cl)cc1N(CCCC(=O)N(Cc1cccc(Cl)c1)[C@@H](Cc1ccccc1)C(=O)NC(C)C)S(C)(=O)=O. The Labute approximate surface area is 253 Å². The van der Waals surface area contributed by atoms with Crippen molar-refractivity contribution in [2.75, 3.05) is 17.1 Å². The first-order valence-electron chi connectivity index (χ1n) is 13.5. The van der Waals surface area contributed by atoms with Crippen LogP contribution in [-0.4, -0.2) is 50.0 Å². The van der Waals surface area contributed by atoms with Crippen molar-refractivity contribution in [3.8, 4) is 0 Å². The molecule has 0 aliphatic heterocycles. The van der Waals surface area contributed by atoms with Gasteiger partial charge in [-0.2, -0.15) is 0 Å². The Kier molecular flexibility index (Phi) is 11.6. The number of amides is 2. The van der Waals surface area contributed by atoms with E-state index in [4.69, 9.17) is 23.2 Å².